The van der Waals surface area contributed by atoms with Crippen LogP contribution in [0, 0.1) is 69.2 Å². The first-order valence-electron chi connectivity index (χ1n) is 51.1. The minimum Gasteiger partial charge on any atom is -0.311 e. The van der Waals surface area contributed by atoms with E-state index in [1.54, 1.807) is 23.0 Å². The molecule has 5 nitrogen and oxygen atoms in total. The van der Waals surface area contributed by atoms with E-state index in [9.17, 15) is 0 Å². The molecule has 0 bridgehead atoms. The summed E-state index contributed by atoms with van der Waals surface area (Å²) in [6, 6.07) is 30.9. The molecule has 5 heteroatoms. The maximum absolute atomic E-state index is 8.59. The number of hydrogen-bond acceptors (Lipinski definition) is 1. The second-order valence-corrected chi connectivity index (χ2v) is 25.2. The maximum atomic E-state index is 8.59. The average molecular weight is 1390 g/mol. The van der Waals surface area contributed by atoms with E-state index in [1.807, 2.05) is 68.4 Å². The normalized spacial score (nSPS) is 15.8. The lowest BCUT2D eigenvalue weighted by atomic mass is 10.1. The molecule has 0 aliphatic rings. The van der Waals surface area contributed by atoms with Gasteiger partial charge in [0.2, 0.25) is 0 Å². The topological polar surface area (TPSA) is 23.0 Å². The quantitative estimate of drug-likeness (QED) is 0.156. The van der Waals surface area contributed by atoms with Gasteiger partial charge in [-0.2, -0.15) is 0 Å². The van der Waals surface area contributed by atoms with Gasteiger partial charge in [0.1, 0.15) is 0 Å². The Labute approximate surface area is 666 Å². The number of rotatable bonds is 7. The van der Waals surface area contributed by atoms with Crippen molar-refractivity contribution in [1.82, 2.24) is 18.3 Å². The Bertz CT molecular complexity index is 7970. The van der Waals surface area contributed by atoms with Crippen molar-refractivity contribution in [3.05, 3.63) is 401 Å². The van der Waals surface area contributed by atoms with Crippen LogP contribution in [0.15, 0.2) is 345 Å². The minimum absolute atomic E-state index is 0.00298. The Kier molecular flexibility index (Phi) is 10.9. The minimum atomic E-state index is -0.777. The van der Waals surface area contributed by atoms with E-state index in [2.05, 4.69) is 97.3 Å². The highest BCUT2D eigenvalue weighted by Gasteiger charge is 2.18. The Balaban J connectivity index is 0.000000133. The van der Waals surface area contributed by atoms with Gasteiger partial charge < -0.3 is 23.2 Å². The van der Waals surface area contributed by atoms with Crippen molar-refractivity contribution in [2.75, 3.05) is 4.90 Å². The van der Waals surface area contributed by atoms with E-state index >= 15 is 0 Å². The molecular formula is C100H87N5. The molecule has 0 saturated carbocycles. The van der Waals surface area contributed by atoms with Crippen LogP contribution in [0.5, 0.6) is 0 Å². The molecule has 4 heterocycles. The van der Waals surface area contributed by atoms with E-state index in [1.165, 1.54) is 66.3 Å². The van der Waals surface area contributed by atoms with Gasteiger partial charge in [-0.15, -0.1) is 0 Å². The molecule has 0 aliphatic heterocycles. The molecule has 0 fully saturated rings. The predicted molar refractivity (Wildman–Crippen MR) is 452 cm³/mol. The highest BCUT2D eigenvalue weighted by Crippen LogP contribution is 2.39. The maximum Gasteiger partial charge on any atom is 0.0645 e. The first-order chi connectivity index (χ1) is 65.8. The Morgan fingerprint density at radius 2 is 0.448 bits per heavy atom. The molecule has 0 N–H and O–H groups in total. The molecular weight excluding hydrogens is 1270 g/mol. The van der Waals surface area contributed by atoms with Crippen molar-refractivity contribution in [3.63, 3.8) is 0 Å². The molecule has 105 heavy (non-hydrogen) atoms. The largest absolute Gasteiger partial charge is 0.311 e. The van der Waals surface area contributed by atoms with Gasteiger partial charge >= 0.3 is 0 Å². The number of aryl methyl sites for hydroxylation is 4. The monoisotopic (exact) mass is 1390 g/mol. The number of aromatic nitrogens is 4. The fourth-order valence-corrected chi connectivity index (χ4v) is 12.6. The van der Waals surface area contributed by atoms with E-state index in [0.717, 1.165) is 37.5 Å². The van der Waals surface area contributed by atoms with Crippen molar-refractivity contribution in [2.24, 2.45) is 0 Å². The second-order valence-electron chi connectivity index (χ2n) is 25.2. The van der Waals surface area contributed by atoms with Crippen LogP contribution in [0.1, 0.15) is 104 Å². The van der Waals surface area contributed by atoms with Crippen LogP contribution >= 0.6 is 0 Å². The number of hydrogen-bond donors (Lipinski definition) is 0. The van der Waals surface area contributed by atoms with Crippen LogP contribution in [0.25, 0.3) is 110 Å². The van der Waals surface area contributed by atoms with Crippen LogP contribution in [0.4, 0.5) is 17.1 Å². The number of nitrogens with zero attached hydrogens (tertiary/aromatic N) is 5. The van der Waals surface area contributed by atoms with Gasteiger partial charge in [0, 0.05) is 82.9 Å². The zero-order valence-electron chi connectivity index (χ0n) is 93.9. The van der Waals surface area contributed by atoms with Crippen molar-refractivity contribution >= 4 is 104 Å². The third-order valence-electron chi connectivity index (χ3n) is 17.3. The summed E-state index contributed by atoms with van der Waals surface area (Å²) < 4.78 is 297. The molecule has 4 aromatic heterocycles. The van der Waals surface area contributed by atoms with Crippen LogP contribution < -0.4 is 4.90 Å². The fraction of sp³-hybridized carbons (Fsp3) is 0.100. The summed E-state index contributed by atoms with van der Waals surface area (Å²) in [5.74, 6) is 0. The molecule has 0 aliphatic carbocycles. The van der Waals surface area contributed by atoms with Gasteiger partial charge in [0.05, 0.1) is 92.1 Å². The second kappa shape index (κ2) is 29.7. The van der Waals surface area contributed by atoms with Gasteiger partial charge in [0.25, 0.3) is 0 Å². The number of fused-ring (bicyclic) bond motifs is 12. The summed E-state index contributed by atoms with van der Waals surface area (Å²) in [4.78, 5) is 0.709. The SMILES string of the molecule is Cc1ccc2c(c1)c1cc(C)ccc1n2-c1ccccc1.[2H]c1c(C)c([2H])c2c3c([2H])c(C)c([2H])c([2H])c3n(-c3ccccc3)c2c1[2H].[2H]c1c([2H])c([2H])c(-n2c3c([2H])c([2H])c(C)c([2H])c3c3c([2H])c(C)c([2H])c([2H])c32)c([2H])c1[2H].[2H]c1c([2H])c([2H])c(-n2c3ccc(C)cc3c3cc(C)ccc32)c([2H])c1[2H].[2H]c1c([2H])c([2H])c(N(c2c([2H])c([2H])c(C)c([2H])c2[2H])c2c([2H])c([2H])c(C)c([2H])c2[2H])c([2H])c1[2H]. The highest BCUT2D eigenvalue weighted by molar-refractivity contribution is 6.13. The molecule has 0 saturated heterocycles. The zero-order valence-corrected chi connectivity index (χ0v) is 58.9. The van der Waals surface area contributed by atoms with E-state index < -0.39 is 126 Å². The summed E-state index contributed by atoms with van der Waals surface area (Å²) in [6.45, 7) is 17.3. The smallest absolute Gasteiger partial charge is 0.0645 e. The van der Waals surface area contributed by atoms with Crippen LogP contribution in [0.3, 0.4) is 0 Å². The Hall–Kier alpha value is -12.7. The molecule has 0 amide bonds. The van der Waals surface area contributed by atoms with E-state index in [4.69, 9.17) is 48.0 Å². The molecule has 0 radical (unpaired) electrons. The highest BCUT2D eigenvalue weighted by atomic mass is 15.1. The van der Waals surface area contributed by atoms with Crippen molar-refractivity contribution in [1.29, 1.82) is 0 Å². The van der Waals surface area contributed by atoms with Gasteiger partial charge in [-0.3, -0.25) is 0 Å². The third-order valence-corrected chi connectivity index (χ3v) is 17.3. The molecule has 19 aromatic rings. The first-order valence-corrected chi connectivity index (χ1v) is 33.6. The zero-order chi connectivity index (χ0) is 103. The van der Waals surface area contributed by atoms with E-state index in [0.29, 0.717) is 43.5 Å². The van der Waals surface area contributed by atoms with Crippen molar-refractivity contribution in [3.8, 4) is 22.7 Å². The van der Waals surface area contributed by atoms with Gasteiger partial charge in [-0.25, -0.2) is 0 Å². The molecule has 512 valence electrons. The Morgan fingerprint density at radius 1 is 0.200 bits per heavy atom. The fourth-order valence-electron chi connectivity index (χ4n) is 12.6. The molecule has 15 aromatic carbocycles. The Morgan fingerprint density at radius 3 is 0.752 bits per heavy atom. The summed E-state index contributed by atoms with van der Waals surface area (Å²) in [5, 5.41) is 5.63. The average Bonchev–Trinajstić information content (AvgIpc) is 1.53. The summed E-state index contributed by atoms with van der Waals surface area (Å²) in [5.41, 5.74) is 10.6. The van der Waals surface area contributed by atoms with Gasteiger partial charge in [-0.05, 0) is 251 Å². The number of anilines is 3. The lowest BCUT2D eigenvalue weighted by Crippen LogP contribution is -2.09. The number of benzene rings is 15. The lowest BCUT2D eigenvalue weighted by molar-refractivity contribution is 1.18. The summed E-state index contributed by atoms with van der Waals surface area (Å²) in [6.07, 6.45) is 0. The van der Waals surface area contributed by atoms with Crippen LogP contribution in [-0.2, 0) is 0 Å². The van der Waals surface area contributed by atoms with Crippen molar-refractivity contribution < 1.29 is 48.0 Å². The number of para-hydroxylation sites is 5. The molecule has 0 atom stereocenters. The third kappa shape index (κ3) is 14.1. The standard InChI is InChI=1S/4C20H17N.C20H19N/c4*1-14-8-10-19-17(12-14)18-13-15(2)9-11-20(18)21(19)16-6-4-3-5-7-16;1-16-8-12-19(13-9-16)21(18-6-4-3-5-7-18)20-14-10-17(2)11-15-20/h4*3-13H,1-2H3;3-15H,1-2H3/i3D,4D,5D,6D,7D,8D,9D,10D,11D,12D,13D;8D,9D,10D,11D,12D,13D;3D,4D,5D,6D,7D;;3D,4D,5D,6D,7D,8D,9D,10D,11D,12D,13D,14D,15D. The molecule has 19 rings (SSSR count). The summed E-state index contributed by atoms with van der Waals surface area (Å²) in [7, 11) is 0. The van der Waals surface area contributed by atoms with E-state index in [-0.39, 0.29) is 158 Å². The predicted octanol–water partition coefficient (Wildman–Crippen LogP) is 27.4. The van der Waals surface area contributed by atoms with Gasteiger partial charge in [0.15, 0.2) is 0 Å². The van der Waals surface area contributed by atoms with Crippen LogP contribution in [-0.4, -0.2) is 18.3 Å². The van der Waals surface area contributed by atoms with Crippen LogP contribution in [0.2, 0.25) is 0 Å². The molecule has 0 unspecified atom stereocenters. The summed E-state index contributed by atoms with van der Waals surface area (Å²) >= 11 is 0. The van der Waals surface area contributed by atoms with Crippen molar-refractivity contribution in [2.45, 2.75) is 69.2 Å². The lowest BCUT2D eigenvalue weighted by Gasteiger charge is -2.25. The van der Waals surface area contributed by atoms with Gasteiger partial charge in [-0.1, -0.05) is 219 Å². The first kappa shape index (κ1) is 38.5. The molecule has 0 spiro atoms.